The van der Waals surface area contributed by atoms with Crippen LogP contribution in [0.4, 0.5) is 4.39 Å². The highest BCUT2D eigenvalue weighted by atomic mass is 19.1. The number of hydrogen-bond donors (Lipinski definition) is 0. The molecule has 0 N–H and O–H groups in total. The standard InChI is InChI=1S/C18H20FN3O3/c1-12-10-14(11-15(17(12)23-3)18(19)22-24-4)8-6-5-7-9-16-21-20-13(2)25-16/h10-11H,5,7,9H2,1-4H3/b22-18-. The summed E-state index contributed by atoms with van der Waals surface area (Å²) in [6, 6.07) is 3.44. The molecule has 25 heavy (non-hydrogen) atoms. The molecule has 0 aliphatic carbocycles. The van der Waals surface area contributed by atoms with Crippen LogP contribution in [0.3, 0.4) is 0 Å². The van der Waals surface area contributed by atoms with Gasteiger partial charge in [0.25, 0.3) is 5.97 Å². The molecule has 0 fully saturated rings. The van der Waals surface area contributed by atoms with E-state index in [2.05, 4.69) is 32.0 Å². The number of hydrogen-bond acceptors (Lipinski definition) is 6. The normalized spacial score (nSPS) is 11.0. The van der Waals surface area contributed by atoms with Crippen LogP contribution in [0.25, 0.3) is 0 Å². The summed E-state index contributed by atoms with van der Waals surface area (Å²) in [4.78, 5) is 4.50. The zero-order valence-corrected chi connectivity index (χ0v) is 14.7. The Labute approximate surface area is 146 Å². The molecule has 7 heteroatoms. The topological polar surface area (TPSA) is 69.7 Å². The van der Waals surface area contributed by atoms with Gasteiger partial charge >= 0.3 is 0 Å². The SMILES string of the molecule is CO/N=C(\F)c1cc(C#CCCCc2nnc(C)o2)cc(C)c1OC. The molecule has 0 bridgehead atoms. The number of oxime groups is 1. The Morgan fingerprint density at radius 1 is 1.28 bits per heavy atom. The second-order valence-corrected chi connectivity index (χ2v) is 5.31. The molecule has 2 rings (SSSR count). The van der Waals surface area contributed by atoms with Crippen molar-refractivity contribution in [3.8, 4) is 17.6 Å². The van der Waals surface area contributed by atoms with Crippen LogP contribution in [-0.4, -0.2) is 30.4 Å². The average molecular weight is 345 g/mol. The summed E-state index contributed by atoms with van der Waals surface area (Å²) >= 11 is 0. The monoisotopic (exact) mass is 345 g/mol. The molecule has 6 nitrogen and oxygen atoms in total. The first-order valence-electron chi connectivity index (χ1n) is 7.78. The zero-order valence-electron chi connectivity index (χ0n) is 14.7. The molecule has 0 aliphatic rings. The maximum atomic E-state index is 14.0. The minimum Gasteiger partial charge on any atom is -0.496 e. The van der Waals surface area contributed by atoms with Crippen molar-refractivity contribution < 1.29 is 18.4 Å². The second-order valence-electron chi connectivity index (χ2n) is 5.31. The van der Waals surface area contributed by atoms with Gasteiger partial charge in [-0.2, -0.15) is 4.39 Å². The first-order valence-corrected chi connectivity index (χ1v) is 7.78. The van der Waals surface area contributed by atoms with Crippen LogP contribution in [0.2, 0.25) is 0 Å². The molecule has 2 aromatic rings. The van der Waals surface area contributed by atoms with E-state index in [0.29, 0.717) is 35.9 Å². The van der Waals surface area contributed by atoms with Gasteiger partial charge in [-0.25, -0.2) is 0 Å². The Bertz CT molecular complexity index is 819. The number of ether oxygens (including phenoxy) is 1. The van der Waals surface area contributed by atoms with E-state index in [9.17, 15) is 4.39 Å². The van der Waals surface area contributed by atoms with Gasteiger partial charge in [0.1, 0.15) is 12.9 Å². The van der Waals surface area contributed by atoms with Crippen LogP contribution in [0, 0.1) is 25.7 Å². The van der Waals surface area contributed by atoms with Crippen molar-refractivity contribution in [3.63, 3.8) is 0 Å². The molecule has 0 unspecified atom stereocenters. The van der Waals surface area contributed by atoms with Crippen molar-refractivity contribution in [1.82, 2.24) is 10.2 Å². The lowest BCUT2D eigenvalue weighted by atomic mass is 10.0. The molecular weight excluding hydrogens is 325 g/mol. The Hall–Kier alpha value is -2.88. The third kappa shape index (κ3) is 5.05. The molecule has 0 saturated heterocycles. The van der Waals surface area contributed by atoms with Gasteiger partial charge in [0, 0.05) is 25.3 Å². The van der Waals surface area contributed by atoms with E-state index in [-0.39, 0.29) is 5.56 Å². The summed E-state index contributed by atoms with van der Waals surface area (Å²) < 4.78 is 24.6. The van der Waals surface area contributed by atoms with Crippen molar-refractivity contribution in [1.29, 1.82) is 0 Å². The fourth-order valence-corrected chi connectivity index (χ4v) is 2.33. The van der Waals surface area contributed by atoms with Crippen molar-refractivity contribution in [3.05, 3.63) is 40.6 Å². The van der Waals surface area contributed by atoms with Gasteiger partial charge in [-0.3, -0.25) is 0 Å². The molecule has 1 heterocycles. The maximum Gasteiger partial charge on any atom is 0.260 e. The van der Waals surface area contributed by atoms with Crippen molar-refractivity contribution in [2.45, 2.75) is 33.1 Å². The third-order valence-electron chi connectivity index (χ3n) is 3.37. The largest absolute Gasteiger partial charge is 0.496 e. The predicted molar refractivity (Wildman–Crippen MR) is 91.2 cm³/mol. The molecular formula is C18H20FN3O3. The van der Waals surface area contributed by atoms with Crippen LogP contribution >= 0.6 is 0 Å². The Morgan fingerprint density at radius 3 is 2.72 bits per heavy atom. The molecule has 1 aromatic heterocycles. The van der Waals surface area contributed by atoms with Gasteiger partial charge in [-0.05, 0) is 31.0 Å². The number of aryl methyl sites for hydroxylation is 3. The smallest absolute Gasteiger partial charge is 0.260 e. The Morgan fingerprint density at radius 2 is 2.08 bits per heavy atom. The summed E-state index contributed by atoms with van der Waals surface area (Å²) in [6.07, 6.45) is 2.14. The molecule has 1 aromatic carbocycles. The molecule has 132 valence electrons. The minimum absolute atomic E-state index is 0.218. The van der Waals surface area contributed by atoms with Crippen molar-refractivity contribution in [2.75, 3.05) is 14.2 Å². The van der Waals surface area contributed by atoms with Gasteiger partial charge in [-0.1, -0.05) is 17.0 Å². The molecule has 0 atom stereocenters. The lowest BCUT2D eigenvalue weighted by Crippen LogP contribution is -2.01. The minimum atomic E-state index is -0.752. The summed E-state index contributed by atoms with van der Waals surface area (Å²) in [5.74, 6) is 6.93. The van der Waals surface area contributed by atoms with Crippen molar-refractivity contribution in [2.24, 2.45) is 5.16 Å². The number of nitrogens with zero attached hydrogens (tertiary/aromatic N) is 3. The summed E-state index contributed by atoms with van der Waals surface area (Å²) in [7, 11) is 2.77. The Balaban J connectivity index is 2.08. The summed E-state index contributed by atoms with van der Waals surface area (Å²) in [5, 5.41) is 11.0. The highest BCUT2D eigenvalue weighted by molar-refractivity contribution is 5.96. The zero-order chi connectivity index (χ0) is 18.2. The van der Waals surface area contributed by atoms with E-state index in [1.54, 1.807) is 13.0 Å². The van der Waals surface area contributed by atoms with Gasteiger partial charge in [0.15, 0.2) is 0 Å². The number of unbranched alkanes of at least 4 members (excludes halogenated alkanes) is 1. The number of halogens is 1. The fraction of sp³-hybridized carbons (Fsp3) is 0.389. The van der Waals surface area contributed by atoms with Gasteiger partial charge < -0.3 is 14.0 Å². The van der Waals surface area contributed by atoms with Gasteiger partial charge in [-0.15, -0.1) is 10.2 Å². The quantitative estimate of drug-likeness (QED) is 0.347. The molecule has 0 spiro atoms. The highest BCUT2D eigenvalue weighted by Crippen LogP contribution is 2.26. The first-order chi connectivity index (χ1) is 12.0. The van der Waals surface area contributed by atoms with E-state index < -0.39 is 5.97 Å². The van der Waals surface area contributed by atoms with E-state index >= 15 is 0 Å². The highest BCUT2D eigenvalue weighted by Gasteiger charge is 2.14. The van der Waals surface area contributed by atoms with E-state index in [4.69, 9.17) is 9.15 Å². The summed E-state index contributed by atoms with van der Waals surface area (Å²) in [6.45, 7) is 3.58. The third-order valence-corrected chi connectivity index (χ3v) is 3.37. The van der Waals surface area contributed by atoms with E-state index in [1.165, 1.54) is 14.2 Å². The Kier molecular flexibility index (Phi) is 6.52. The molecule has 0 saturated carbocycles. The lowest BCUT2D eigenvalue weighted by Gasteiger charge is -2.10. The van der Waals surface area contributed by atoms with Crippen LogP contribution in [0.5, 0.6) is 5.75 Å². The lowest BCUT2D eigenvalue weighted by molar-refractivity contribution is 0.209. The predicted octanol–water partition coefficient (Wildman–Crippen LogP) is 3.35. The van der Waals surface area contributed by atoms with Gasteiger partial charge in [0.05, 0.1) is 12.7 Å². The van der Waals surface area contributed by atoms with Crippen LogP contribution in [0.15, 0.2) is 21.7 Å². The number of rotatable bonds is 6. The first kappa shape index (κ1) is 18.5. The van der Waals surface area contributed by atoms with Crippen molar-refractivity contribution >= 4 is 5.97 Å². The van der Waals surface area contributed by atoms with Gasteiger partial charge in [0.2, 0.25) is 11.8 Å². The van der Waals surface area contributed by atoms with Crippen LogP contribution in [0.1, 0.15) is 41.3 Å². The number of aromatic nitrogens is 2. The molecule has 0 aliphatic heterocycles. The second kappa shape index (κ2) is 8.83. The maximum absolute atomic E-state index is 14.0. The van der Waals surface area contributed by atoms with E-state index in [1.807, 2.05) is 13.0 Å². The number of methoxy groups -OCH3 is 1. The fourth-order valence-electron chi connectivity index (χ4n) is 2.33. The number of benzene rings is 1. The van der Waals surface area contributed by atoms with Crippen LogP contribution < -0.4 is 4.74 Å². The summed E-state index contributed by atoms with van der Waals surface area (Å²) in [5.41, 5.74) is 1.67. The average Bonchev–Trinajstić information content (AvgIpc) is 2.99. The van der Waals surface area contributed by atoms with E-state index in [0.717, 1.165) is 12.0 Å². The molecule has 0 radical (unpaired) electrons. The molecule has 0 amide bonds. The van der Waals surface area contributed by atoms with Crippen LogP contribution in [-0.2, 0) is 11.3 Å².